The van der Waals surface area contributed by atoms with E-state index in [1.54, 1.807) is 25.7 Å². The quantitative estimate of drug-likeness (QED) is 0.668. The van der Waals surface area contributed by atoms with Crippen molar-refractivity contribution in [3.05, 3.63) is 12.2 Å². The minimum atomic E-state index is -0.772. The van der Waals surface area contributed by atoms with Crippen molar-refractivity contribution in [1.82, 2.24) is 10.2 Å². The fourth-order valence-electron chi connectivity index (χ4n) is 2.40. The second-order valence-corrected chi connectivity index (χ2v) is 5.10. The average molecular weight is 222 g/mol. The molecule has 0 bridgehead atoms. The van der Waals surface area contributed by atoms with Crippen LogP contribution in [0.1, 0.15) is 33.6 Å². The van der Waals surface area contributed by atoms with Crippen LogP contribution in [-0.2, 0) is 9.59 Å². The number of carbonyl (C=O) groups is 2. The van der Waals surface area contributed by atoms with Crippen molar-refractivity contribution in [3.63, 3.8) is 0 Å². The third kappa shape index (κ3) is 1.62. The zero-order valence-corrected chi connectivity index (χ0v) is 9.99. The summed E-state index contributed by atoms with van der Waals surface area (Å²) in [5.74, 6) is -0.0372. The molecule has 4 nitrogen and oxygen atoms in total. The van der Waals surface area contributed by atoms with E-state index in [4.69, 9.17) is 0 Å². The van der Waals surface area contributed by atoms with Gasteiger partial charge in [-0.05, 0) is 33.6 Å². The fourth-order valence-corrected chi connectivity index (χ4v) is 2.40. The second kappa shape index (κ2) is 3.61. The lowest BCUT2D eigenvalue weighted by molar-refractivity contribution is -0.155. The van der Waals surface area contributed by atoms with Gasteiger partial charge in [0.05, 0.1) is 0 Å². The van der Waals surface area contributed by atoms with E-state index in [9.17, 15) is 9.59 Å². The molecular weight excluding hydrogens is 204 g/mol. The molecule has 16 heavy (non-hydrogen) atoms. The highest BCUT2D eigenvalue weighted by molar-refractivity contribution is 5.99. The highest BCUT2D eigenvalue weighted by Gasteiger charge is 2.45. The summed E-state index contributed by atoms with van der Waals surface area (Å²) in [5.41, 5.74) is -0.772. The summed E-state index contributed by atoms with van der Waals surface area (Å²) in [6, 6.07) is -0.196. The molecule has 1 fully saturated rings. The molecule has 88 valence electrons. The smallest absolute Gasteiger partial charge is 0.248 e. The Morgan fingerprint density at radius 2 is 1.88 bits per heavy atom. The summed E-state index contributed by atoms with van der Waals surface area (Å²) < 4.78 is 0. The van der Waals surface area contributed by atoms with E-state index in [2.05, 4.69) is 17.5 Å². The number of amides is 2. The molecule has 0 spiro atoms. The Morgan fingerprint density at radius 3 is 2.44 bits per heavy atom. The largest absolute Gasteiger partial charge is 0.340 e. The van der Waals surface area contributed by atoms with Gasteiger partial charge in [-0.15, -0.1) is 0 Å². The van der Waals surface area contributed by atoms with Crippen LogP contribution in [0.15, 0.2) is 12.2 Å². The minimum Gasteiger partial charge on any atom is -0.340 e. The Labute approximate surface area is 95.7 Å². The van der Waals surface area contributed by atoms with E-state index in [1.807, 2.05) is 0 Å². The summed E-state index contributed by atoms with van der Waals surface area (Å²) in [6.07, 6.45) is 5.87. The van der Waals surface area contributed by atoms with Gasteiger partial charge in [-0.1, -0.05) is 12.2 Å². The van der Waals surface area contributed by atoms with Crippen LogP contribution in [0.5, 0.6) is 0 Å². The van der Waals surface area contributed by atoms with E-state index in [0.717, 1.165) is 12.8 Å². The summed E-state index contributed by atoms with van der Waals surface area (Å²) in [5, 5.41) is 2.76. The number of piperazine rings is 1. The molecule has 1 aliphatic heterocycles. The van der Waals surface area contributed by atoms with Crippen LogP contribution in [0.25, 0.3) is 0 Å². The first-order chi connectivity index (χ1) is 7.43. The molecule has 2 amide bonds. The van der Waals surface area contributed by atoms with Gasteiger partial charge in [0.2, 0.25) is 11.8 Å². The third-order valence-corrected chi connectivity index (χ3v) is 3.38. The van der Waals surface area contributed by atoms with Crippen molar-refractivity contribution in [2.24, 2.45) is 0 Å². The molecule has 1 unspecified atom stereocenters. The highest BCUT2D eigenvalue weighted by atomic mass is 16.2. The molecule has 4 heteroatoms. The van der Waals surface area contributed by atoms with Crippen molar-refractivity contribution >= 4 is 11.8 Å². The first-order valence-corrected chi connectivity index (χ1v) is 5.73. The van der Waals surface area contributed by atoms with Gasteiger partial charge in [0.1, 0.15) is 11.6 Å². The number of nitrogens with zero attached hydrogens (tertiary/aromatic N) is 1. The lowest BCUT2D eigenvalue weighted by atomic mass is 9.95. The third-order valence-electron chi connectivity index (χ3n) is 3.38. The average Bonchev–Trinajstić information content (AvgIpc) is 2.68. The Kier molecular flexibility index (Phi) is 2.52. The molecule has 2 rings (SSSR count). The molecule has 1 N–H and O–H groups in total. The van der Waals surface area contributed by atoms with E-state index in [0.29, 0.717) is 0 Å². The lowest BCUT2D eigenvalue weighted by Crippen LogP contribution is -2.69. The first-order valence-electron chi connectivity index (χ1n) is 5.73. The van der Waals surface area contributed by atoms with Crippen LogP contribution in [-0.4, -0.2) is 34.3 Å². The second-order valence-electron chi connectivity index (χ2n) is 5.10. The predicted molar refractivity (Wildman–Crippen MR) is 60.7 cm³/mol. The van der Waals surface area contributed by atoms with Gasteiger partial charge in [0, 0.05) is 6.04 Å². The maximum absolute atomic E-state index is 12.3. The van der Waals surface area contributed by atoms with Gasteiger partial charge >= 0.3 is 0 Å². The van der Waals surface area contributed by atoms with Crippen LogP contribution < -0.4 is 5.32 Å². The molecular formula is C12H18N2O2. The van der Waals surface area contributed by atoms with Gasteiger partial charge in [-0.25, -0.2) is 0 Å². The van der Waals surface area contributed by atoms with Gasteiger partial charge in [-0.3, -0.25) is 9.59 Å². The number of nitrogens with one attached hydrogen (secondary N) is 1. The van der Waals surface area contributed by atoms with Crippen molar-refractivity contribution in [2.75, 3.05) is 0 Å². The Balaban J connectivity index is 2.26. The monoisotopic (exact) mass is 222 g/mol. The first kappa shape index (κ1) is 11.2. The van der Waals surface area contributed by atoms with Gasteiger partial charge < -0.3 is 10.2 Å². The predicted octanol–water partition coefficient (Wildman–Crippen LogP) is 0.830. The molecule has 2 aliphatic rings. The summed E-state index contributed by atoms with van der Waals surface area (Å²) in [7, 11) is 0. The van der Waals surface area contributed by atoms with Crippen LogP contribution in [0, 0.1) is 0 Å². The minimum absolute atomic E-state index is 0.0216. The van der Waals surface area contributed by atoms with E-state index >= 15 is 0 Å². The SMILES string of the molecule is CC1C(=O)NC(C)(C)C(=O)N1C1CC=CC1. The molecule has 0 aromatic rings. The molecule has 1 atom stereocenters. The van der Waals surface area contributed by atoms with Crippen LogP contribution in [0.4, 0.5) is 0 Å². The van der Waals surface area contributed by atoms with E-state index < -0.39 is 5.54 Å². The van der Waals surface area contributed by atoms with Crippen LogP contribution in [0.3, 0.4) is 0 Å². The van der Waals surface area contributed by atoms with Gasteiger partial charge in [0.15, 0.2) is 0 Å². The Bertz CT molecular complexity index is 352. The van der Waals surface area contributed by atoms with Crippen molar-refractivity contribution in [3.8, 4) is 0 Å². The molecule has 1 aliphatic carbocycles. The van der Waals surface area contributed by atoms with Crippen molar-refractivity contribution < 1.29 is 9.59 Å². The molecule has 0 saturated carbocycles. The lowest BCUT2D eigenvalue weighted by Gasteiger charge is -2.44. The van der Waals surface area contributed by atoms with Crippen molar-refractivity contribution in [1.29, 1.82) is 0 Å². The van der Waals surface area contributed by atoms with E-state index in [-0.39, 0.29) is 23.9 Å². The normalized spacial score (nSPS) is 29.7. The number of hydrogen-bond acceptors (Lipinski definition) is 2. The van der Waals surface area contributed by atoms with Crippen LogP contribution in [0.2, 0.25) is 0 Å². The Hall–Kier alpha value is -1.32. The summed E-state index contributed by atoms with van der Waals surface area (Å²) in [6.45, 7) is 5.31. The molecule has 0 radical (unpaired) electrons. The molecule has 1 heterocycles. The maximum atomic E-state index is 12.3. The number of hydrogen-bond donors (Lipinski definition) is 1. The summed E-state index contributed by atoms with van der Waals surface area (Å²) in [4.78, 5) is 25.8. The highest BCUT2D eigenvalue weighted by Crippen LogP contribution is 2.26. The topological polar surface area (TPSA) is 49.4 Å². The van der Waals surface area contributed by atoms with Gasteiger partial charge in [0.25, 0.3) is 0 Å². The number of rotatable bonds is 1. The molecule has 1 saturated heterocycles. The van der Waals surface area contributed by atoms with Crippen molar-refractivity contribution in [2.45, 2.75) is 51.2 Å². The molecule has 0 aromatic heterocycles. The Morgan fingerprint density at radius 1 is 1.31 bits per heavy atom. The zero-order chi connectivity index (χ0) is 11.9. The van der Waals surface area contributed by atoms with E-state index in [1.165, 1.54) is 0 Å². The zero-order valence-electron chi connectivity index (χ0n) is 9.99. The van der Waals surface area contributed by atoms with Crippen LogP contribution >= 0.6 is 0 Å². The maximum Gasteiger partial charge on any atom is 0.248 e. The standard InChI is InChI=1S/C12H18N2O2/c1-8-10(15)13-12(2,3)11(16)14(8)9-6-4-5-7-9/h4-5,8-9H,6-7H2,1-3H3,(H,13,15). The summed E-state index contributed by atoms with van der Waals surface area (Å²) >= 11 is 0. The molecule has 0 aromatic carbocycles. The fraction of sp³-hybridized carbons (Fsp3) is 0.667. The number of carbonyl (C=O) groups excluding carboxylic acids is 2. The van der Waals surface area contributed by atoms with Gasteiger partial charge in [-0.2, -0.15) is 0 Å².